The van der Waals surface area contributed by atoms with Gasteiger partial charge in [-0.15, -0.1) is 4.68 Å². The lowest BCUT2D eigenvalue weighted by atomic mass is 10.3. The van der Waals surface area contributed by atoms with Crippen LogP contribution in [0.5, 0.6) is 0 Å². The Labute approximate surface area is 64.7 Å². The number of hydrogen-bond donors (Lipinski definition) is 1. The van der Waals surface area contributed by atoms with Gasteiger partial charge in [0.15, 0.2) is 11.2 Å². The molecular weight excluding hydrogens is 138 g/mol. The lowest BCUT2D eigenvalue weighted by Gasteiger charge is -1.83. The summed E-state index contributed by atoms with van der Waals surface area (Å²) in [5, 5.41) is 0. The van der Waals surface area contributed by atoms with Crippen LogP contribution >= 0.6 is 0 Å². The van der Waals surface area contributed by atoms with Crippen molar-refractivity contribution >= 4 is 5.52 Å². The van der Waals surface area contributed by atoms with Gasteiger partial charge in [-0.3, -0.25) is 5.84 Å². The molecule has 2 heterocycles. The number of imidazole rings is 1. The number of rotatable bonds is 0. The molecule has 2 N–H and O–H groups in total. The fourth-order valence-electron chi connectivity index (χ4n) is 1.22. The molecule has 0 aliphatic rings. The molecule has 0 fully saturated rings. The van der Waals surface area contributed by atoms with Crippen molar-refractivity contribution < 1.29 is 4.40 Å². The number of aromatic nitrogens is 2. The molecule has 2 rings (SSSR count). The van der Waals surface area contributed by atoms with Crippen LogP contribution in [0, 0.1) is 6.92 Å². The third-order valence-electron chi connectivity index (χ3n) is 1.90. The third kappa shape index (κ3) is 0.774. The molecule has 0 saturated heterocycles. The Morgan fingerprint density at radius 3 is 3.00 bits per heavy atom. The molecule has 0 radical (unpaired) electrons. The zero-order valence-electron chi connectivity index (χ0n) is 6.36. The maximum absolute atomic E-state index is 5.65. The molecule has 0 aromatic carbocycles. The summed E-state index contributed by atoms with van der Waals surface area (Å²) < 4.78 is 3.62. The van der Waals surface area contributed by atoms with Gasteiger partial charge in [0.2, 0.25) is 0 Å². The van der Waals surface area contributed by atoms with E-state index in [4.69, 9.17) is 5.84 Å². The number of hydrogen-bond acceptors (Lipinski definition) is 1. The zero-order valence-corrected chi connectivity index (χ0v) is 6.36. The number of nitrogens with two attached hydrogens (primary N) is 1. The van der Waals surface area contributed by atoms with Gasteiger partial charge in [0, 0.05) is 6.92 Å². The van der Waals surface area contributed by atoms with Crippen LogP contribution in [0.4, 0.5) is 0 Å². The summed E-state index contributed by atoms with van der Waals surface area (Å²) >= 11 is 0. The van der Waals surface area contributed by atoms with Crippen molar-refractivity contribution in [3.05, 3.63) is 36.4 Å². The molecule has 0 spiro atoms. The quantitative estimate of drug-likeness (QED) is 0.422. The van der Waals surface area contributed by atoms with Crippen molar-refractivity contribution in [3.8, 4) is 0 Å². The van der Waals surface area contributed by atoms with Gasteiger partial charge in [0.1, 0.15) is 0 Å². The predicted molar refractivity (Wildman–Crippen MR) is 42.5 cm³/mol. The molecule has 56 valence electrons. The van der Waals surface area contributed by atoms with Crippen molar-refractivity contribution in [1.82, 2.24) is 4.68 Å². The average Bonchev–Trinajstić information content (AvgIpc) is 2.30. The van der Waals surface area contributed by atoms with Crippen LogP contribution in [0.1, 0.15) is 5.69 Å². The van der Waals surface area contributed by atoms with Crippen molar-refractivity contribution in [2.45, 2.75) is 6.92 Å². The van der Waals surface area contributed by atoms with Gasteiger partial charge in [-0.1, -0.05) is 6.07 Å². The summed E-state index contributed by atoms with van der Waals surface area (Å²) in [4.78, 5) is 0. The van der Waals surface area contributed by atoms with Crippen LogP contribution in [0.25, 0.3) is 5.52 Å². The Balaban J connectivity index is 2.92. The standard InChI is InChI=1S/C8H10N3/c1-7-8-4-2-3-5-10(8)6-11(7)9/h2-6H,9H2,1H3/q+1. The average molecular weight is 148 g/mol. The lowest BCUT2D eigenvalue weighted by molar-refractivity contribution is -0.512. The molecule has 11 heavy (non-hydrogen) atoms. The van der Waals surface area contributed by atoms with Crippen LogP contribution in [-0.2, 0) is 0 Å². The number of fused-ring (bicyclic) bond motifs is 1. The molecule has 3 nitrogen and oxygen atoms in total. The van der Waals surface area contributed by atoms with Crippen LogP contribution in [0.2, 0.25) is 0 Å². The predicted octanol–water partition coefficient (Wildman–Crippen LogP) is 0.249. The van der Waals surface area contributed by atoms with E-state index >= 15 is 0 Å². The van der Waals surface area contributed by atoms with Gasteiger partial charge < -0.3 is 0 Å². The highest BCUT2D eigenvalue weighted by atomic mass is 15.3. The first kappa shape index (κ1) is 6.22. The summed E-state index contributed by atoms with van der Waals surface area (Å²) in [6.45, 7) is 2.00. The van der Waals surface area contributed by atoms with E-state index in [0.29, 0.717) is 0 Å². The van der Waals surface area contributed by atoms with E-state index in [9.17, 15) is 0 Å². The highest BCUT2D eigenvalue weighted by Crippen LogP contribution is 2.01. The molecule has 0 aliphatic heterocycles. The molecule has 0 atom stereocenters. The van der Waals surface area contributed by atoms with E-state index in [1.165, 1.54) is 0 Å². The Hall–Kier alpha value is -1.51. The minimum atomic E-state index is 1.07. The van der Waals surface area contributed by atoms with E-state index in [1.54, 1.807) is 4.68 Å². The fourth-order valence-corrected chi connectivity index (χ4v) is 1.22. The minimum Gasteiger partial charge on any atom is -0.269 e. The molecule has 0 bridgehead atoms. The van der Waals surface area contributed by atoms with Crippen molar-refractivity contribution in [3.63, 3.8) is 0 Å². The number of nitrogens with zero attached hydrogens (tertiary/aromatic N) is 2. The molecule has 2 aromatic heterocycles. The first-order valence-electron chi connectivity index (χ1n) is 3.52. The number of aryl methyl sites for hydroxylation is 1. The van der Waals surface area contributed by atoms with E-state index in [0.717, 1.165) is 11.2 Å². The zero-order chi connectivity index (χ0) is 7.84. The van der Waals surface area contributed by atoms with E-state index < -0.39 is 0 Å². The highest BCUT2D eigenvalue weighted by Gasteiger charge is 2.08. The van der Waals surface area contributed by atoms with Crippen molar-refractivity contribution in [2.75, 3.05) is 5.84 Å². The summed E-state index contributed by atoms with van der Waals surface area (Å²) in [5.41, 5.74) is 2.22. The summed E-state index contributed by atoms with van der Waals surface area (Å²) in [7, 11) is 0. The van der Waals surface area contributed by atoms with Gasteiger partial charge in [-0.2, -0.15) is 0 Å². The molecule has 3 heteroatoms. The van der Waals surface area contributed by atoms with E-state index in [2.05, 4.69) is 0 Å². The Bertz CT molecular complexity index is 389. The van der Waals surface area contributed by atoms with Crippen LogP contribution < -0.4 is 10.2 Å². The second-order valence-corrected chi connectivity index (χ2v) is 2.60. The lowest BCUT2D eigenvalue weighted by Crippen LogP contribution is -2.18. The van der Waals surface area contributed by atoms with Gasteiger partial charge >= 0.3 is 0 Å². The summed E-state index contributed by atoms with van der Waals surface area (Å²) in [5.74, 6) is 5.65. The second-order valence-electron chi connectivity index (χ2n) is 2.60. The topological polar surface area (TPSA) is 35.0 Å². The van der Waals surface area contributed by atoms with Crippen molar-refractivity contribution in [2.24, 2.45) is 0 Å². The van der Waals surface area contributed by atoms with Crippen LogP contribution in [0.3, 0.4) is 0 Å². The normalized spacial score (nSPS) is 10.6. The van der Waals surface area contributed by atoms with Gasteiger partial charge in [0.05, 0.1) is 6.20 Å². The molecule has 0 saturated carbocycles. The first-order valence-corrected chi connectivity index (χ1v) is 3.52. The van der Waals surface area contributed by atoms with Gasteiger partial charge in [0.25, 0.3) is 6.33 Å². The van der Waals surface area contributed by atoms with Gasteiger partial charge in [-0.05, 0) is 12.1 Å². The third-order valence-corrected chi connectivity index (χ3v) is 1.90. The smallest absolute Gasteiger partial charge is 0.269 e. The fraction of sp³-hybridized carbons (Fsp3) is 0.125. The van der Waals surface area contributed by atoms with E-state index in [1.807, 2.05) is 42.0 Å². The molecule has 0 aliphatic carbocycles. The maximum atomic E-state index is 5.65. The summed E-state index contributed by atoms with van der Waals surface area (Å²) in [6.07, 6.45) is 3.83. The van der Waals surface area contributed by atoms with Crippen LogP contribution in [-0.4, -0.2) is 4.68 Å². The monoisotopic (exact) mass is 148 g/mol. The SMILES string of the molecule is Cc1c2cccc[n+]2cn1N. The molecule has 0 unspecified atom stereocenters. The second kappa shape index (κ2) is 1.99. The minimum absolute atomic E-state index is 1.07. The maximum Gasteiger partial charge on any atom is 0.272 e. The molecule has 2 aromatic rings. The summed E-state index contributed by atoms with van der Waals surface area (Å²) in [6, 6.07) is 6.02. The Morgan fingerprint density at radius 2 is 2.27 bits per heavy atom. The largest absolute Gasteiger partial charge is 0.272 e. The van der Waals surface area contributed by atoms with Crippen LogP contribution in [0.15, 0.2) is 30.7 Å². The Morgan fingerprint density at radius 1 is 1.45 bits per heavy atom. The number of nitrogen functional groups attached to an aromatic ring is 1. The van der Waals surface area contributed by atoms with E-state index in [-0.39, 0.29) is 0 Å². The Kier molecular flexibility index (Phi) is 1.12. The molecule has 0 amide bonds. The van der Waals surface area contributed by atoms with Gasteiger partial charge in [-0.25, -0.2) is 4.40 Å². The van der Waals surface area contributed by atoms with Crippen molar-refractivity contribution in [1.29, 1.82) is 0 Å². The first-order chi connectivity index (χ1) is 5.29. The molecular formula is C8H10N3+. The highest BCUT2D eigenvalue weighted by molar-refractivity contribution is 5.43. The number of pyridine rings is 1.